The molecule has 0 aliphatic carbocycles. The van der Waals surface area contributed by atoms with Crippen LogP contribution in [0.2, 0.25) is 0 Å². The van der Waals surface area contributed by atoms with Gasteiger partial charge in [0.2, 0.25) is 0 Å². The molecule has 4 rings (SSSR count). The fraction of sp³-hybridized carbons (Fsp3) is 0.310. The van der Waals surface area contributed by atoms with E-state index < -0.39 is 33.7 Å². The van der Waals surface area contributed by atoms with Gasteiger partial charge in [0.25, 0.3) is 0 Å². The lowest BCUT2D eigenvalue weighted by molar-refractivity contribution is -0.136. The number of nitrogens with one attached hydrogen (secondary N) is 1. The molecule has 11 heteroatoms. The van der Waals surface area contributed by atoms with Crippen LogP contribution in [0.4, 0.5) is 8.78 Å². The van der Waals surface area contributed by atoms with Crippen LogP contribution in [0.3, 0.4) is 0 Å². The Labute approximate surface area is 233 Å². The Morgan fingerprint density at radius 2 is 1.90 bits per heavy atom. The van der Waals surface area contributed by atoms with Gasteiger partial charge in [-0.15, -0.1) is 4.72 Å². The monoisotopic (exact) mass is 572 g/mol. The molecule has 0 radical (unpaired) electrons. The van der Waals surface area contributed by atoms with Gasteiger partial charge in [0.1, 0.15) is 40.9 Å². The summed E-state index contributed by atoms with van der Waals surface area (Å²) >= 11 is -1.42. The third-order valence-corrected chi connectivity index (χ3v) is 7.48. The Hall–Kier alpha value is -3.51. The minimum atomic E-state index is -1.42. The van der Waals surface area contributed by atoms with Crippen molar-refractivity contribution in [1.29, 1.82) is 0 Å². The van der Waals surface area contributed by atoms with Gasteiger partial charge in [-0.3, -0.25) is 9.78 Å². The molecule has 2 aromatic heterocycles. The summed E-state index contributed by atoms with van der Waals surface area (Å²) in [6.07, 6.45) is 1.13. The lowest BCUT2D eigenvalue weighted by atomic mass is 10.00. The first kappa shape index (κ1) is 29.5. The van der Waals surface area contributed by atoms with Crippen LogP contribution in [0.15, 0.2) is 53.1 Å². The Morgan fingerprint density at radius 1 is 1.12 bits per heavy atom. The highest BCUT2D eigenvalue weighted by Gasteiger charge is 2.27. The molecule has 2 heterocycles. The van der Waals surface area contributed by atoms with E-state index in [1.165, 1.54) is 31.5 Å². The van der Waals surface area contributed by atoms with E-state index in [1.54, 1.807) is 18.2 Å². The second-order valence-electron chi connectivity index (χ2n) is 10.1. The van der Waals surface area contributed by atoms with Gasteiger partial charge in [0.15, 0.2) is 5.82 Å². The van der Waals surface area contributed by atoms with E-state index >= 15 is 4.39 Å². The Kier molecular flexibility index (Phi) is 9.09. The van der Waals surface area contributed by atoms with Crippen LogP contribution in [0.1, 0.15) is 43.4 Å². The molecular formula is C29H30F2N2O6S. The lowest BCUT2D eigenvalue weighted by Gasteiger charge is -2.23. The number of carboxylic acid groups (broad SMARTS) is 1. The van der Waals surface area contributed by atoms with E-state index in [1.807, 2.05) is 20.8 Å². The fourth-order valence-corrected chi connectivity index (χ4v) is 4.77. The molecule has 0 aliphatic heterocycles. The number of carbonyl (C=O) groups is 1. The van der Waals surface area contributed by atoms with Crippen LogP contribution >= 0.6 is 0 Å². The SMILES string of the molecule is COCc1cc2cc(COc3cc(F)ccc3CC(=O)O)cc(-c3ccnc(CN[S+]([O-])C(C)(C)C)c3F)c2o1. The predicted molar refractivity (Wildman–Crippen MR) is 147 cm³/mol. The number of halogens is 2. The maximum absolute atomic E-state index is 15.8. The number of pyridine rings is 1. The van der Waals surface area contributed by atoms with Crippen molar-refractivity contribution >= 4 is 28.3 Å². The van der Waals surface area contributed by atoms with Crippen molar-refractivity contribution < 1.29 is 37.1 Å². The van der Waals surface area contributed by atoms with Crippen LogP contribution in [-0.2, 0) is 47.1 Å². The first-order valence-corrected chi connectivity index (χ1v) is 13.6. The van der Waals surface area contributed by atoms with Gasteiger partial charge in [-0.05, 0) is 56.7 Å². The first-order valence-electron chi connectivity index (χ1n) is 12.4. The van der Waals surface area contributed by atoms with E-state index in [9.17, 15) is 18.8 Å². The minimum absolute atomic E-state index is 0.0461. The molecule has 212 valence electrons. The molecule has 4 aromatic rings. The molecule has 0 spiro atoms. The standard InChI is InChI=1S/C29H30F2N2O6S/c1-29(2,3)40(36)33-14-24-27(31)22(7-8-32-24)23-10-17(9-19-11-21(16-37-4)39-28(19)23)15-38-25-13-20(30)6-5-18(25)12-26(34)35/h5-11,13,33H,12,14-16H2,1-4H3,(H,34,35). The van der Waals surface area contributed by atoms with Crippen molar-refractivity contribution in [1.82, 2.24) is 9.71 Å². The first-order chi connectivity index (χ1) is 19.0. The number of fused-ring (bicyclic) bond motifs is 1. The number of methoxy groups -OCH3 is 1. The summed E-state index contributed by atoms with van der Waals surface area (Å²) in [4.78, 5) is 15.4. The highest BCUT2D eigenvalue weighted by molar-refractivity contribution is 7.90. The zero-order valence-electron chi connectivity index (χ0n) is 22.5. The van der Waals surface area contributed by atoms with E-state index in [-0.39, 0.29) is 43.2 Å². The molecule has 0 amide bonds. The summed E-state index contributed by atoms with van der Waals surface area (Å²) in [5.41, 5.74) is 2.10. The third kappa shape index (κ3) is 6.97. The van der Waals surface area contributed by atoms with Crippen molar-refractivity contribution in [3.8, 4) is 16.9 Å². The highest BCUT2D eigenvalue weighted by Crippen LogP contribution is 2.35. The molecule has 1 unspecified atom stereocenters. The Morgan fingerprint density at radius 3 is 2.60 bits per heavy atom. The molecule has 8 nitrogen and oxygen atoms in total. The number of aliphatic carboxylic acids is 1. The topological polar surface area (TPSA) is 117 Å². The van der Waals surface area contributed by atoms with Crippen molar-refractivity contribution in [2.45, 2.75) is 51.7 Å². The van der Waals surface area contributed by atoms with Gasteiger partial charge in [0, 0.05) is 52.8 Å². The van der Waals surface area contributed by atoms with Gasteiger partial charge in [-0.25, -0.2) is 8.78 Å². The smallest absolute Gasteiger partial charge is 0.307 e. The number of benzene rings is 2. The van der Waals surface area contributed by atoms with Crippen LogP contribution in [0.25, 0.3) is 22.1 Å². The zero-order valence-corrected chi connectivity index (χ0v) is 23.4. The van der Waals surface area contributed by atoms with Gasteiger partial charge < -0.3 is 23.6 Å². The quantitative estimate of drug-likeness (QED) is 0.221. The maximum atomic E-state index is 15.8. The van der Waals surface area contributed by atoms with Crippen molar-refractivity contribution in [2.24, 2.45) is 0 Å². The normalized spacial score (nSPS) is 12.6. The summed E-state index contributed by atoms with van der Waals surface area (Å²) in [6.45, 7) is 5.54. The van der Waals surface area contributed by atoms with Gasteiger partial charge in [-0.1, -0.05) is 6.07 Å². The van der Waals surface area contributed by atoms with Crippen LogP contribution in [0, 0.1) is 11.6 Å². The number of rotatable bonds is 11. The summed E-state index contributed by atoms with van der Waals surface area (Å²) < 4.78 is 61.5. The predicted octanol–water partition coefficient (Wildman–Crippen LogP) is 5.68. The number of hydrogen-bond acceptors (Lipinski definition) is 7. The molecule has 0 fully saturated rings. The number of furan rings is 1. The number of carboxylic acids is 1. The zero-order chi connectivity index (χ0) is 29.0. The second kappa shape index (κ2) is 12.3. The van der Waals surface area contributed by atoms with Crippen LogP contribution < -0.4 is 9.46 Å². The summed E-state index contributed by atoms with van der Waals surface area (Å²) in [6, 6.07) is 10.5. The molecule has 2 N–H and O–H groups in total. The van der Waals surface area contributed by atoms with Gasteiger partial charge in [0.05, 0.1) is 18.7 Å². The van der Waals surface area contributed by atoms with E-state index in [2.05, 4.69) is 9.71 Å². The second-order valence-corrected chi connectivity index (χ2v) is 12.2. The van der Waals surface area contributed by atoms with Gasteiger partial charge in [-0.2, -0.15) is 0 Å². The number of ether oxygens (including phenoxy) is 2. The molecule has 0 aliphatic rings. The summed E-state index contributed by atoms with van der Waals surface area (Å²) in [7, 11) is 1.53. The van der Waals surface area contributed by atoms with E-state index in [0.29, 0.717) is 33.4 Å². The molecule has 2 aromatic carbocycles. The Balaban J connectivity index is 1.72. The largest absolute Gasteiger partial charge is 0.598 e. The molecule has 0 saturated heterocycles. The summed E-state index contributed by atoms with van der Waals surface area (Å²) in [5.74, 6) is -1.60. The van der Waals surface area contributed by atoms with Gasteiger partial charge >= 0.3 is 5.97 Å². The summed E-state index contributed by atoms with van der Waals surface area (Å²) in [5, 5.41) is 9.86. The van der Waals surface area contributed by atoms with E-state index in [4.69, 9.17) is 13.9 Å². The molecule has 0 bridgehead atoms. The fourth-order valence-electron chi connectivity index (χ4n) is 4.07. The average Bonchev–Trinajstić information content (AvgIpc) is 3.29. The average molecular weight is 573 g/mol. The molecular weight excluding hydrogens is 542 g/mol. The van der Waals surface area contributed by atoms with Crippen LogP contribution in [0.5, 0.6) is 5.75 Å². The maximum Gasteiger partial charge on any atom is 0.307 e. The third-order valence-electron chi connectivity index (χ3n) is 5.96. The minimum Gasteiger partial charge on any atom is -0.598 e. The lowest BCUT2D eigenvalue weighted by Crippen LogP contribution is -2.39. The molecule has 40 heavy (non-hydrogen) atoms. The van der Waals surface area contributed by atoms with Crippen molar-refractivity contribution in [3.63, 3.8) is 0 Å². The van der Waals surface area contributed by atoms with E-state index in [0.717, 1.165) is 6.07 Å². The van der Waals surface area contributed by atoms with Crippen molar-refractivity contribution in [2.75, 3.05) is 7.11 Å². The highest BCUT2D eigenvalue weighted by atomic mass is 32.2. The number of nitrogens with zero attached hydrogens (tertiary/aromatic N) is 1. The molecule has 1 atom stereocenters. The van der Waals surface area contributed by atoms with Crippen molar-refractivity contribution in [3.05, 3.63) is 82.9 Å². The number of aromatic nitrogens is 1. The number of hydrogen-bond donors (Lipinski definition) is 2. The molecule has 0 saturated carbocycles. The van der Waals surface area contributed by atoms with Crippen LogP contribution in [-0.4, -0.2) is 32.5 Å². The Bertz CT molecular complexity index is 1520.